The highest BCUT2D eigenvalue weighted by atomic mass is 32.2. The number of nitrogens with zero attached hydrogens (tertiary/aromatic N) is 2. The number of benzene rings is 1. The summed E-state index contributed by atoms with van der Waals surface area (Å²) in [5.41, 5.74) is 2.64. The van der Waals surface area contributed by atoms with E-state index in [1.54, 1.807) is 4.31 Å². The molecule has 2 fully saturated rings. The topological polar surface area (TPSA) is 66.9 Å². The number of fused-ring (bicyclic) bond motifs is 2. The molecule has 1 spiro atoms. The molecule has 1 aliphatic carbocycles. The number of hydrogen-bond acceptors (Lipinski definition) is 4. The predicted octanol–water partition coefficient (Wildman–Crippen LogP) is 2.50. The van der Waals surface area contributed by atoms with Crippen LogP contribution in [-0.2, 0) is 25.0 Å². The molecule has 7 heteroatoms. The molecule has 0 saturated carbocycles. The second-order valence-corrected chi connectivity index (χ2v) is 10.8. The molecule has 3 aliphatic rings. The first kappa shape index (κ1) is 20.8. The third-order valence-electron chi connectivity index (χ3n) is 6.93. The van der Waals surface area contributed by atoms with Crippen LogP contribution in [0.4, 0.5) is 0 Å². The van der Waals surface area contributed by atoms with Crippen LogP contribution in [0.15, 0.2) is 24.3 Å². The van der Waals surface area contributed by atoms with Crippen molar-refractivity contribution in [3.8, 4) is 0 Å². The number of piperidine rings is 1. The smallest absolute Gasteiger partial charge is 0.223 e. The molecule has 2 saturated heterocycles. The number of amides is 1. The van der Waals surface area contributed by atoms with E-state index < -0.39 is 10.0 Å². The van der Waals surface area contributed by atoms with Crippen LogP contribution >= 0.6 is 0 Å². The molecule has 160 valence electrons. The van der Waals surface area contributed by atoms with Crippen molar-refractivity contribution in [2.24, 2.45) is 0 Å². The summed E-state index contributed by atoms with van der Waals surface area (Å²) in [6, 6.07) is 8.50. The molecule has 4 rings (SSSR count). The Kier molecular flexibility index (Phi) is 6.00. The van der Waals surface area contributed by atoms with E-state index in [4.69, 9.17) is 4.74 Å². The summed E-state index contributed by atoms with van der Waals surface area (Å²) < 4.78 is 32.0. The Bertz CT molecular complexity index is 840. The number of ether oxygens (including phenoxy) is 1. The maximum Gasteiger partial charge on any atom is 0.223 e. The van der Waals surface area contributed by atoms with Crippen LogP contribution in [0.2, 0.25) is 0 Å². The lowest BCUT2D eigenvalue weighted by atomic mass is 9.73. The minimum Gasteiger partial charge on any atom is -0.378 e. The van der Waals surface area contributed by atoms with Gasteiger partial charge in [0, 0.05) is 32.6 Å². The van der Waals surface area contributed by atoms with Crippen LogP contribution < -0.4 is 0 Å². The van der Waals surface area contributed by atoms with E-state index in [9.17, 15) is 13.2 Å². The SMILES string of the molecule is CCCS(=O)(=O)N1CCC2(CC1)C[C@@H](CC(=O)N1CCOCC1)c1ccccc12. The first-order valence-corrected chi connectivity index (χ1v) is 12.5. The van der Waals surface area contributed by atoms with Crippen molar-refractivity contribution in [3.05, 3.63) is 35.4 Å². The molecule has 0 N–H and O–H groups in total. The van der Waals surface area contributed by atoms with E-state index >= 15 is 0 Å². The minimum atomic E-state index is -3.14. The summed E-state index contributed by atoms with van der Waals surface area (Å²) in [4.78, 5) is 14.8. The largest absolute Gasteiger partial charge is 0.378 e. The maximum absolute atomic E-state index is 12.9. The van der Waals surface area contributed by atoms with Gasteiger partial charge in [0.05, 0.1) is 19.0 Å². The standard InChI is InChI=1S/C22H32N2O4S/c1-2-15-29(26,27)24-9-7-22(8-10-24)17-18(19-5-3-4-6-20(19)22)16-21(25)23-11-13-28-14-12-23/h3-6,18H,2,7-17H2,1H3/t18-/m1/s1. The van der Waals surface area contributed by atoms with Crippen LogP contribution in [0.5, 0.6) is 0 Å². The van der Waals surface area contributed by atoms with Gasteiger partial charge in [0.1, 0.15) is 0 Å². The normalized spacial score (nSPS) is 24.6. The molecule has 1 aromatic rings. The molecule has 1 atom stereocenters. The molecule has 2 aliphatic heterocycles. The maximum atomic E-state index is 12.9. The van der Waals surface area contributed by atoms with Crippen LogP contribution in [0, 0.1) is 0 Å². The van der Waals surface area contributed by atoms with Gasteiger partial charge in [-0.25, -0.2) is 12.7 Å². The molecular weight excluding hydrogens is 388 g/mol. The highest BCUT2D eigenvalue weighted by Gasteiger charge is 2.47. The summed E-state index contributed by atoms with van der Waals surface area (Å²) in [5.74, 6) is 0.668. The first-order valence-electron chi connectivity index (χ1n) is 10.9. The molecule has 0 unspecified atom stereocenters. The van der Waals surface area contributed by atoms with Gasteiger partial charge in [-0.05, 0) is 48.1 Å². The third-order valence-corrected chi connectivity index (χ3v) is 9.00. The van der Waals surface area contributed by atoms with Crippen LogP contribution in [0.25, 0.3) is 0 Å². The number of sulfonamides is 1. The van der Waals surface area contributed by atoms with E-state index in [1.165, 1.54) is 11.1 Å². The van der Waals surface area contributed by atoms with E-state index in [1.807, 2.05) is 11.8 Å². The van der Waals surface area contributed by atoms with Gasteiger partial charge >= 0.3 is 0 Å². The Hall–Kier alpha value is -1.44. The van der Waals surface area contributed by atoms with Crippen molar-refractivity contribution in [2.45, 2.75) is 50.4 Å². The fourth-order valence-corrected chi connectivity index (χ4v) is 6.93. The number of morpholine rings is 1. The molecule has 0 bridgehead atoms. The monoisotopic (exact) mass is 420 g/mol. The van der Waals surface area contributed by atoms with E-state index in [2.05, 4.69) is 24.3 Å². The van der Waals surface area contributed by atoms with E-state index in [0.29, 0.717) is 52.2 Å². The lowest BCUT2D eigenvalue weighted by Gasteiger charge is -2.40. The van der Waals surface area contributed by atoms with E-state index in [-0.39, 0.29) is 23.0 Å². The number of hydrogen-bond donors (Lipinski definition) is 0. The van der Waals surface area contributed by atoms with Crippen LogP contribution in [0.3, 0.4) is 0 Å². The van der Waals surface area contributed by atoms with Gasteiger partial charge in [-0.3, -0.25) is 4.79 Å². The van der Waals surface area contributed by atoms with Crippen molar-refractivity contribution in [3.63, 3.8) is 0 Å². The zero-order chi connectivity index (χ0) is 20.5. The van der Waals surface area contributed by atoms with Crippen LogP contribution in [-0.4, -0.2) is 68.7 Å². The van der Waals surface area contributed by atoms with Gasteiger partial charge in [0.2, 0.25) is 15.9 Å². The van der Waals surface area contributed by atoms with Crippen molar-refractivity contribution >= 4 is 15.9 Å². The fourth-order valence-electron chi connectivity index (χ4n) is 5.42. The highest BCUT2D eigenvalue weighted by molar-refractivity contribution is 7.89. The predicted molar refractivity (Wildman–Crippen MR) is 112 cm³/mol. The molecular formula is C22H32N2O4S. The quantitative estimate of drug-likeness (QED) is 0.734. The summed E-state index contributed by atoms with van der Waals surface area (Å²) >= 11 is 0. The Morgan fingerprint density at radius 1 is 1.14 bits per heavy atom. The number of carbonyl (C=O) groups excluding carboxylic acids is 1. The van der Waals surface area contributed by atoms with Gasteiger partial charge in [-0.1, -0.05) is 31.2 Å². The average Bonchev–Trinajstić information content (AvgIpc) is 3.02. The second-order valence-electron chi connectivity index (χ2n) is 8.68. The highest BCUT2D eigenvalue weighted by Crippen LogP contribution is 2.53. The summed E-state index contributed by atoms with van der Waals surface area (Å²) in [6.45, 7) is 5.69. The van der Waals surface area contributed by atoms with Gasteiger partial charge in [0.25, 0.3) is 0 Å². The Morgan fingerprint density at radius 2 is 1.83 bits per heavy atom. The summed E-state index contributed by atoms with van der Waals surface area (Å²) in [6.07, 6.45) is 3.82. The first-order chi connectivity index (χ1) is 14.0. The van der Waals surface area contributed by atoms with Crippen molar-refractivity contribution in [2.75, 3.05) is 45.1 Å². The Morgan fingerprint density at radius 3 is 2.52 bits per heavy atom. The van der Waals surface area contributed by atoms with Gasteiger partial charge < -0.3 is 9.64 Å². The van der Waals surface area contributed by atoms with Crippen molar-refractivity contribution in [1.82, 2.24) is 9.21 Å². The molecule has 6 nitrogen and oxygen atoms in total. The molecule has 1 aromatic carbocycles. The van der Waals surface area contributed by atoms with E-state index in [0.717, 1.165) is 19.3 Å². The summed E-state index contributed by atoms with van der Waals surface area (Å²) in [5, 5.41) is 0. The lowest BCUT2D eigenvalue weighted by Crippen LogP contribution is -2.45. The van der Waals surface area contributed by atoms with Gasteiger partial charge in [-0.2, -0.15) is 0 Å². The number of rotatable bonds is 5. The Balaban J connectivity index is 1.49. The Labute approximate surface area is 174 Å². The molecule has 29 heavy (non-hydrogen) atoms. The lowest BCUT2D eigenvalue weighted by molar-refractivity contribution is -0.135. The zero-order valence-electron chi connectivity index (χ0n) is 17.3. The molecule has 2 heterocycles. The number of carbonyl (C=O) groups is 1. The van der Waals surface area contributed by atoms with Crippen molar-refractivity contribution < 1.29 is 17.9 Å². The fraction of sp³-hybridized carbons (Fsp3) is 0.682. The molecule has 0 radical (unpaired) electrons. The third kappa shape index (κ3) is 4.09. The summed E-state index contributed by atoms with van der Waals surface area (Å²) in [7, 11) is -3.14. The van der Waals surface area contributed by atoms with Gasteiger partial charge in [0.15, 0.2) is 0 Å². The zero-order valence-corrected chi connectivity index (χ0v) is 18.1. The van der Waals surface area contributed by atoms with Gasteiger partial charge in [-0.15, -0.1) is 0 Å². The second kappa shape index (κ2) is 8.36. The molecule has 1 amide bonds. The average molecular weight is 421 g/mol. The van der Waals surface area contributed by atoms with Crippen LogP contribution in [0.1, 0.15) is 56.1 Å². The van der Waals surface area contributed by atoms with Crippen molar-refractivity contribution in [1.29, 1.82) is 0 Å². The molecule has 0 aromatic heterocycles. The minimum absolute atomic E-state index is 0.00475.